The van der Waals surface area contributed by atoms with Crippen LogP contribution in [0.5, 0.6) is 0 Å². The van der Waals surface area contributed by atoms with E-state index in [-0.39, 0.29) is 22.3 Å². The Morgan fingerprint density at radius 3 is 1.48 bits per heavy atom. The van der Waals surface area contributed by atoms with Crippen molar-refractivity contribution in [3.63, 3.8) is 0 Å². The smallest absolute Gasteiger partial charge is 0.238 e. The topological polar surface area (TPSA) is 84.0 Å². The number of nitrogens with zero attached hydrogens (tertiary/aromatic N) is 2. The van der Waals surface area contributed by atoms with Crippen LogP contribution >= 0.6 is 34.9 Å². The molecule has 2 N–H and O–H groups in total. The molecule has 0 bridgehead atoms. The zero-order valence-corrected chi connectivity index (χ0v) is 20.3. The summed E-state index contributed by atoms with van der Waals surface area (Å²) in [5, 5.41) is 14.1. The van der Waals surface area contributed by atoms with Crippen LogP contribution in [0.4, 0.5) is 0 Å². The van der Waals surface area contributed by atoms with Gasteiger partial charge in [-0.25, -0.2) is 0 Å². The number of nitrogens with one attached hydrogen (secondary N) is 2. The molecule has 0 saturated heterocycles. The van der Waals surface area contributed by atoms with Gasteiger partial charge in [0, 0.05) is 12.1 Å². The van der Waals surface area contributed by atoms with Crippen molar-refractivity contribution in [2.75, 3.05) is 0 Å². The summed E-state index contributed by atoms with van der Waals surface area (Å²) < 4.78 is 1.43. The maximum absolute atomic E-state index is 12.9. The molecule has 2 atom stereocenters. The van der Waals surface area contributed by atoms with E-state index >= 15 is 0 Å². The van der Waals surface area contributed by atoms with E-state index in [9.17, 15) is 9.59 Å². The Bertz CT molecular complexity index is 1020. The van der Waals surface area contributed by atoms with E-state index in [1.807, 2.05) is 60.7 Å². The molecule has 1 heterocycles. The number of carbonyl (C=O) groups is 2. The van der Waals surface area contributed by atoms with Crippen LogP contribution in [0.15, 0.2) is 69.3 Å². The first-order chi connectivity index (χ1) is 16.2. The molecule has 2 fully saturated rings. The van der Waals surface area contributed by atoms with Crippen LogP contribution < -0.4 is 10.6 Å². The van der Waals surface area contributed by atoms with Crippen molar-refractivity contribution in [3.05, 3.63) is 71.8 Å². The van der Waals surface area contributed by atoms with Crippen molar-refractivity contribution in [3.8, 4) is 0 Å². The number of benzene rings is 2. The summed E-state index contributed by atoms with van der Waals surface area (Å²) in [4.78, 5) is 25.9. The number of amides is 2. The third-order valence-electron chi connectivity index (χ3n) is 5.35. The highest BCUT2D eigenvalue weighted by Crippen LogP contribution is 2.43. The maximum atomic E-state index is 12.9. The van der Waals surface area contributed by atoms with E-state index in [0.717, 1.165) is 36.8 Å². The highest BCUT2D eigenvalue weighted by molar-refractivity contribution is 8.04. The molecular weight excluding hydrogens is 472 g/mol. The molecule has 2 aliphatic rings. The summed E-state index contributed by atoms with van der Waals surface area (Å²) in [6.07, 6.45) is 4.17. The van der Waals surface area contributed by atoms with Crippen molar-refractivity contribution >= 4 is 46.7 Å². The standard InChI is InChI=1S/C24H24N4O2S3/c29-21(25-17-11-12-17)19(15-7-3-1-4-8-15)31-23-27-28-24(33-23)32-20(16-9-5-2-6-10-16)22(30)26-18-13-14-18/h1-10,17-20H,11-14H2,(H,25,29)(H,26,30)/t19-,20-/m0/s1. The van der Waals surface area contributed by atoms with Gasteiger partial charge in [-0.3, -0.25) is 9.59 Å². The normalized spacial score (nSPS) is 17.2. The molecule has 5 rings (SSSR count). The van der Waals surface area contributed by atoms with Gasteiger partial charge in [0.25, 0.3) is 0 Å². The molecule has 9 heteroatoms. The predicted octanol–water partition coefficient (Wildman–Crippen LogP) is 4.76. The SMILES string of the molecule is O=C(NC1CC1)[C@@H](Sc1nnc(S[C@H](C(=O)NC2CC2)c2ccccc2)s1)c1ccccc1. The third-order valence-corrected chi connectivity index (χ3v) is 8.95. The van der Waals surface area contributed by atoms with E-state index < -0.39 is 0 Å². The van der Waals surface area contributed by atoms with E-state index in [1.54, 1.807) is 0 Å². The van der Waals surface area contributed by atoms with Gasteiger partial charge in [0.15, 0.2) is 8.68 Å². The zero-order chi connectivity index (χ0) is 22.6. The summed E-state index contributed by atoms with van der Waals surface area (Å²) in [6.45, 7) is 0. The Balaban J connectivity index is 1.32. The average molecular weight is 497 g/mol. The lowest BCUT2D eigenvalue weighted by molar-refractivity contribution is -0.121. The first-order valence-electron chi connectivity index (χ1n) is 11.0. The molecule has 0 aliphatic heterocycles. The fourth-order valence-electron chi connectivity index (χ4n) is 3.30. The second-order valence-electron chi connectivity index (χ2n) is 8.22. The van der Waals surface area contributed by atoms with Gasteiger partial charge >= 0.3 is 0 Å². The highest BCUT2D eigenvalue weighted by atomic mass is 32.2. The first-order valence-corrected chi connectivity index (χ1v) is 13.6. The minimum absolute atomic E-state index is 0.00377. The van der Waals surface area contributed by atoms with Crippen molar-refractivity contribution in [2.24, 2.45) is 0 Å². The van der Waals surface area contributed by atoms with Gasteiger partial charge in [-0.15, -0.1) is 10.2 Å². The molecule has 2 aromatic carbocycles. The van der Waals surface area contributed by atoms with Gasteiger partial charge < -0.3 is 10.6 Å². The lowest BCUT2D eigenvalue weighted by atomic mass is 10.1. The predicted molar refractivity (Wildman–Crippen MR) is 132 cm³/mol. The van der Waals surface area contributed by atoms with Gasteiger partial charge in [0.2, 0.25) is 11.8 Å². The number of hydrogen-bond donors (Lipinski definition) is 2. The van der Waals surface area contributed by atoms with Crippen LogP contribution in [0.3, 0.4) is 0 Å². The Labute approximate surface area is 205 Å². The monoisotopic (exact) mass is 496 g/mol. The molecule has 6 nitrogen and oxygen atoms in total. The Kier molecular flexibility index (Phi) is 6.99. The second-order valence-corrected chi connectivity index (χ2v) is 11.9. The van der Waals surface area contributed by atoms with Crippen LogP contribution in [0.25, 0.3) is 0 Å². The van der Waals surface area contributed by atoms with E-state index in [2.05, 4.69) is 20.8 Å². The van der Waals surface area contributed by atoms with Gasteiger partial charge in [-0.05, 0) is 36.8 Å². The van der Waals surface area contributed by atoms with Crippen molar-refractivity contribution in [1.82, 2.24) is 20.8 Å². The van der Waals surface area contributed by atoms with Crippen LogP contribution in [0, 0.1) is 0 Å². The molecule has 2 aliphatic carbocycles. The average Bonchev–Trinajstić information content (AvgIpc) is 3.77. The molecule has 0 unspecified atom stereocenters. The summed E-state index contributed by atoms with van der Waals surface area (Å²) >= 11 is 4.25. The second kappa shape index (κ2) is 10.3. The molecule has 0 spiro atoms. The van der Waals surface area contributed by atoms with Crippen LogP contribution in [-0.4, -0.2) is 34.1 Å². The van der Waals surface area contributed by atoms with E-state index in [4.69, 9.17) is 0 Å². The molecule has 3 aromatic rings. The van der Waals surface area contributed by atoms with Crippen molar-refractivity contribution in [2.45, 2.75) is 56.9 Å². The van der Waals surface area contributed by atoms with Gasteiger partial charge in [0.1, 0.15) is 10.5 Å². The van der Waals surface area contributed by atoms with Crippen LogP contribution in [0.1, 0.15) is 47.3 Å². The Morgan fingerprint density at radius 2 is 1.12 bits per heavy atom. The first kappa shape index (κ1) is 22.4. The van der Waals surface area contributed by atoms with Gasteiger partial charge in [-0.2, -0.15) is 0 Å². The fourth-order valence-corrected chi connectivity index (χ4v) is 6.73. The molecule has 170 valence electrons. The number of thioether (sulfide) groups is 2. The fraction of sp³-hybridized carbons (Fsp3) is 0.333. The number of rotatable bonds is 10. The molecule has 0 radical (unpaired) electrons. The minimum atomic E-state index is -0.388. The van der Waals surface area contributed by atoms with E-state index in [0.29, 0.717) is 20.8 Å². The molecule has 33 heavy (non-hydrogen) atoms. The van der Waals surface area contributed by atoms with Gasteiger partial charge in [0.05, 0.1) is 0 Å². The minimum Gasteiger partial charge on any atom is -0.352 e. The van der Waals surface area contributed by atoms with Crippen LogP contribution in [0.2, 0.25) is 0 Å². The molecular formula is C24H24N4O2S3. The van der Waals surface area contributed by atoms with Crippen LogP contribution in [-0.2, 0) is 9.59 Å². The summed E-state index contributed by atoms with van der Waals surface area (Å²) in [5.41, 5.74) is 1.88. The Hall–Kier alpha value is -2.36. The maximum Gasteiger partial charge on any atom is 0.238 e. The van der Waals surface area contributed by atoms with Gasteiger partial charge in [-0.1, -0.05) is 95.5 Å². The summed E-state index contributed by atoms with van der Waals surface area (Å²) in [5.74, 6) is 0.00755. The molecule has 1 aromatic heterocycles. The lowest BCUT2D eigenvalue weighted by Gasteiger charge is -2.15. The lowest BCUT2D eigenvalue weighted by Crippen LogP contribution is -2.29. The number of aromatic nitrogens is 2. The summed E-state index contributed by atoms with van der Waals surface area (Å²) in [6, 6.07) is 20.1. The number of carbonyl (C=O) groups excluding carboxylic acids is 2. The van der Waals surface area contributed by atoms with Crippen molar-refractivity contribution < 1.29 is 9.59 Å². The molecule has 2 saturated carbocycles. The largest absolute Gasteiger partial charge is 0.352 e. The quantitative estimate of drug-likeness (QED) is 0.394. The number of hydrogen-bond acceptors (Lipinski definition) is 7. The Morgan fingerprint density at radius 1 is 0.727 bits per heavy atom. The highest BCUT2D eigenvalue weighted by Gasteiger charge is 2.32. The molecule has 2 amide bonds. The summed E-state index contributed by atoms with van der Waals surface area (Å²) in [7, 11) is 0. The zero-order valence-electron chi connectivity index (χ0n) is 17.8. The van der Waals surface area contributed by atoms with E-state index in [1.165, 1.54) is 34.9 Å². The third kappa shape index (κ3) is 6.16. The van der Waals surface area contributed by atoms with Crippen molar-refractivity contribution in [1.29, 1.82) is 0 Å².